The van der Waals surface area contributed by atoms with E-state index in [1.54, 1.807) is 11.8 Å². The second kappa shape index (κ2) is 12.8. The molecule has 1 saturated heterocycles. The van der Waals surface area contributed by atoms with Crippen LogP contribution in [0.4, 0.5) is 0 Å². The molecule has 2 N–H and O–H groups in total. The van der Waals surface area contributed by atoms with Crippen LogP contribution in [-0.4, -0.2) is 61.7 Å². The maximum atomic E-state index is 13.3. The van der Waals surface area contributed by atoms with Crippen LogP contribution in [0.2, 0.25) is 0 Å². The summed E-state index contributed by atoms with van der Waals surface area (Å²) in [4.78, 5) is 27.9. The first-order valence-corrected chi connectivity index (χ1v) is 12.9. The molecule has 1 unspecified atom stereocenters. The highest BCUT2D eigenvalue weighted by molar-refractivity contribution is 7.98. The summed E-state index contributed by atoms with van der Waals surface area (Å²) in [5.74, 6) is 0.0747. The van der Waals surface area contributed by atoms with Gasteiger partial charge in [-0.2, -0.15) is 11.8 Å². The molecule has 2 aromatic rings. The Labute approximate surface area is 201 Å². The largest absolute Gasteiger partial charge is 0.467 e. The maximum Gasteiger partial charge on any atom is 0.328 e. The first kappa shape index (κ1) is 25.3. The number of esters is 1. The minimum absolute atomic E-state index is 0.263. The number of hydrogen-bond donors (Lipinski definition) is 2. The van der Waals surface area contributed by atoms with Crippen molar-refractivity contribution in [2.24, 2.45) is 0 Å². The molecule has 33 heavy (non-hydrogen) atoms. The van der Waals surface area contributed by atoms with Crippen molar-refractivity contribution in [3.8, 4) is 11.1 Å². The first-order valence-electron chi connectivity index (χ1n) is 11.5. The van der Waals surface area contributed by atoms with Crippen LogP contribution >= 0.6 is 11.8 Å². The lowest BCUT2D eigenvalue weighted by molar-refractivity contribution is -0.142. The summed E-state index contributed by atoms with van der Waals surface area (Å²) >= 11 is 1.63. The number of benzene rings is 2. The minimum atomic E-state index is -0.665. The summed E-state index contributed by atoms with van der Waals surface area (Å²) in [5, 5.41) is 6.42. The van der Waals surface area contributed by atoms with Gasteiger partial charge in [0.25, 0.3) is 5.91 Å². The summed E-state index contributed by atoms with van der Waals surface area (Å²) in [6.07, 6.45) is 5.04. The van der Waals surface area contributed by atoms with Crippen LogP contribution in [0.1, 0.15) is 40.7 Å². The Balaban J connectivity index is 1.83. The molecule has 2 aromatic carbocycles. The monoisotopic (exact) mass is 469 g/mol. The predicted octanol–water partition coefficient (Wildman–Crippen LogP) is 3.83. The third-order valence-electron chi connectivity index (χ3n) is 6.03. The van der Waals surface area contributed by atoms with Crippen molar-refractivity contribution in [3.05, 3.63) is 59.2 Å². The number of nitrogens with zero attached hydrogens (tertiary/aromatic N) is 1. The Bertz CT molecular complexity index is 944. The zero-order valence-corrected chi connectivity index (χ0v) is 20.7. The SMILES string of the molecule is COC(=O)C(CCSC)NC(=O)c1ccc(CNCN2CCCC2)cc1-c1ccccc1C. The number of hydrogen-bond acceptors (Lipinski definition) is 6. The lowest BCUT2D eigenvalue weighted by Crippen LogP contribution is -2.42. The lowest BCUT2D eigenvalue weighted by atomic mass is 9.93. The molecule has 1 heterocycles. The third kappa shape index (κ3) is 7.06. The van der Waals surface area contributed by atoms with E-state index in [1.807, 2.05) is 49.6 Å². The molecule has 7 heteroatoms. The van der Waals surface area contributed by atoms with Crippen molar-refractivity contribution >= 4 is 23.6 Å². The molecule has 6 nitrogen and oxygen atoms in total. The van der Waals surface area contributed by atoms with Crippen LogP contribution in [0.15, 0.2) is 42.5 Å². The number of amides is 1. The second-order valence-corrected chi connectivity index (χ2v) is 9.42. The zero-order chi connectivity index (χ0) is 23.6. The second-order valence-electron chi connectivity index (χ2n) is 8.44. The fourth-order valence-electron chi connectivity index (χ4n) is 4.16. The van der Waals surface area contributed by atoms with Crippen molar-refractivity contribution < 1.29 is 14.3 Å². The van der Waals surface area contributed by atoms with Crippen LogP contribution in [-0.2, 0) is 16.1 Å². The average Bonchev–Trinajstić information content (AvgIpc) is 3.35. The summed E-state index contributed by atoms with van der Waals surface area (Å²) in [5.41, 5.74) is 4.67. The van der Waals surface area contributed by atoms with Gasteiger partial charge in [0, 0.05) is 18.8 Å². The lowest BCUT2D eigenvalue weighted by Gasteiger charge is -2.19. The van der Waals surface area contributed by atoms with Gasteiger partial charge in [0.15, 0.2) is 0 Å². The van der Waals surface area contributed by atoms with E-state index >= 15 is 0 Å². The number of nitrogens with one attached hydrogen (secondary N) is 2. The van der Waals surface area contributed by atoms with Gasteiger partial charge in [0.2, 0.25) is 0 Å². The Morgan fingerprint density at radius 1 is 1.12 bits per heavy atom. The van der Waals surface area contributed by atoms with Crippen molar-refractivity contribution in [1.29, 1.82) is 0 Å². The van der Waals surface area contributed by atoms with E-state index in [0.717, 1.165) is 54.3 Å². The number of aryl methyl sites for hydroxylation is 1. The van der Waals surface area contributed by atoms with E-state index in [1.165, 1.54) is 20.0 Å². The topological polar surface area (TPSA) is 70.7 Å². The summed E-state index contributed by atoms with van der Waals surface area (Å²) in [7, 11) is 1.35. The number of likely N-dealkylation sites (tertiary alicyclic amines) is 1. The molecule has 178 valence electrons. The van der Waals surface area contributed by atoms with Crippen molar-refractivity contribution in [2.75, 3.05) is 38.9 Å². The summed E-state index contributed by atoms with van der Waals surface area (Å²) in [6, 6.07) is 13.3. The van der Waals surface area contributed by atoms with Crippen LogP contribution in [0.3, 0.4) is 0 Å². The Morgan fingerprint density at radius 2 is 1.88 bits per heavy atom. The van der Waals surface area contributed by atoms with E-state index in [0.29, 0.717) is 12.0 Å². The number of ether oxygens (including phenoxy) is 1. The minimum Gasteiger partial charge on any atom is -0.467 e. The van der Waals surface area contributed by atoms with Gasteiger partial charge in [-0.25, -0.2) is 4.79 Å². The average molecular weight is 470 g/mol. The molecule has 1 atom stereocenters. The number of carbonyl (C=O) groups is 2. The van der Waals surface area contributed by atoms with Gasteiger partial charge in [0.1, 0.15) is 6.04 Å². The zero-order valence-electron chi connectivity index (χ0n) is 19.9. The highest BCUT2D eigenvalue weighted by atomic mass is 32.2. The summed E-state index contributed by atoms with van der Waals surface area (Å²) < 4.78 is 4.91. The van der Waals surface area contributed by atoms with Gasteiger partial charge < -0.3 is 15.4 Å². The third-order valence-corrected chi connectivity index (χ3v) is 6.67. The van der Waals surface area contributed by atoms with Crippen molar-refractivity contribution in [2.45, 2.75) is 38.8 Å². The number of thioether (sulfide) groups is 1. The Morgan fingerprint density at radius 3 is 2.58 bits per heavy atom. The van der Waals surface area contributed by atoms with Gasteiger partial charge >= 0.3 is 5.97 Å². The quantitative estimate of drug-likeness (QED) is 0.488. The van der Waals surface area contributed by atoms with Crippen LogP contribution in [0.25, 0.3) is 11.1 Å². The molecular weight excluding hydrogens is 434 g/mol. The molecule has 1 fully saturated rings. The van der Waals surface area contributed by atoms with Gasteiger partial charge in [0.05, 0.1) is 7.11 Å². The molecule has 0 saturated carbocycles. The summed E-state index contributed by atoms with van der Waals surface area (Å²) in [6.45, 7) is 5.95. The van der Waals surface area contributed by atoms with Crippen LogP contribution < -0.4 is 10.6 Å². The van der Waals surface area contributed by atoms with Crippen LogP contribution in [0, 0.1) is 6.92 Å². The van der Waals surface area contributed by atoms with E-state index in [4.69, 9.17) is 4.74 Å². The van der Waals surface area contributed by atoms with Crippen molar-refractivity contribution in [3.63, 3.8) is 0 Å². The van der Waals surface area contributed by atoms with E-state index < -0.39 is 12.0 Å². The van der Waals surface area contributed by atoms with Gasteiger partial charge in [-0.15, -0.1) is 0 Å². The smallest absolute Gasteiger partial charge is 0.328 e. The Kier molecular flexibility index (Phi) is 9.78. The normalized spacial score (nSPS) is 14.8. The van der Waals surface area contributed by atoms with E-state index in [9.17, 15) is 9.59 Å². The molecule has 0 aromatic heterocycles. The first-order chi connectivity index (χ1) is 16.0. The molecule has 0 bridgehead atoms. The van der Waals surface area contributed by atoms with E-state index in [2.05, 4.69) is 21.6 Å². The van der Waals surface area contributed by atoms with Crippen LogP contribution in [0.5, 0.6) is 0 Å². The van der Waals surface area contributed by atoms with E-state index in [-0.39, 0.29) is 5.91 Å². The van der Waals surface area contributed by atoms with Gasteiger partial charge in [-0.05, 0) is 85.7 Å². The predicted molar refractivity (Wildman–Crippen MR) is 135 cm³/mol. The molecule has 1 aliphatic heterocycles. The highest BCUT2D eigenvalue weighted by Crippen LogP contribution is 2.28. The molecule has 1 amide bonds. The molecule has 0 spiro atoms. The fourth-order valence-corrected chi connectivity index (χ4v) is 4.63. The standard InChI is InChI=1S/C26H35N3O3S/c1-19-8-4-5-9-21(19)23-16-20(17-27-18-29-13-6-7-14-29)10-11-22(23)25(30)28-24(12-15-33-3)26(31)32-2/h4-5,8-11,16,24,27H,6-7,12-15,17-18H2,1-3H3,(H,28,30). The fraction of sp³-hybridized carbons (Fsp3) is 0.462. The number of carbonyl (C=O) groups excluding carboxylic acids is 2. The van der Waals surface area contributed by atoms with Crippen molar-refractivity contribution in [1.82, 2.24) is 15.5 Å². The molecule has 1 aliphatic rings. The maximum absolute atomic E-state index is 13.3. The van der Waals surface area contributed by atoms with Gasteiger partial charge in [-0.3, -0.25) is 9.69 Å². The highest BCUT2D eigenvalue weighted by Gasteiger charge is 2.24. The number of rotatable bonds is 11. The molecule has 3 rings (SSSR count). The van der Waals surface area contributed by atoms with Gasteiger partial charge in [-0.1, -0.05) is 30.3 Å². The number of methoxy groups -OCH3 is 1. The molecule has 0 radical (unpaired) electrons. The molecular formula is C26H35N3O3S. The molecule has 0 aliphatic carbocycles. The Hall–Kier alpha value is -2.35.